The zero-order valence-corrected chi connectivity index (χ0v) is 20.3. The molecule has 0 bridgehead atoms. The summed E-state index contributed by atoms with van der Waals surface area (Å²) in [6, 6.07) is 12.6. The predicted octanol–water partition coefficient (Wildman–Crippen LogP) is 4.97. The summed E-state index contributed by atoms with van der Waals surface area (Å²) in [5.41, 5.74) is -0.683. The second kappa shape index (κ2) is 12.5. The molecule has 0 saturated carbocycles. The Labute approximate surface area is 220 Å². The summed E-state index contributed by atoms with van der Waals surface area (Å²) in [7, 11) is 1.32. The van der Waals surface area contributed by atoms with Gasteiger partial charge < -0.3 is 19.9 Å². The summed E-state index contributed by atoms with van der Waals surface area (Å²) in [4.78, 5) is 40.6. The number of ketones is 1. The first-order valence-corrected chi connectivity index (χ1v) is 11.2. The molecule has 1 heterocycles. The van der Waals surface area contributed by atoms with E-state index in [1.54, 1.807) is 18.2 Å². The van der Waals surface area contributed by atoms with Crippen molar-refractivity contribution in [1.29, 1.82) is 5.26 Å². The van der Waals surface area contributed by atoms with E-state index in [0.717, 1.165) is 6.07 Å². The number of halogens is 3. The minimum Gasteiger partial charge on any atom is -0.490 e. The molecule has 0 aliphatic carbocycles. The van der Waals surface area contributed by atoms with Gasteiger partial charge >= 0.3 is 12.3 Å². The third-order valence-electron chi connectivity index (χ3n) is 5.20. The lowest BCUT2D eigenvalue weighted by molar-refractivity contribution is -0.139. The Bertz CT molecular complexity index is 1440. The number of aromatic nitrogens is 1. The van der Waals surface area contributed by atoms with Gasteiger partial charge in [-0.2, -0.15) is 18.4 Å². The van der Waals surface area contributed by atoms with Gasteiger partial charge in [-0.05, 0) is 35.4 Å². The number of ether oxygens (including phenoxy) is 2. The first kappa shape index (κ1) is 28.6. The van der Waals surface area contributed by atoms with Crippen LogP contribution in [-0.2, 0) is 15.7 Å². The first-order chi connectivity index (χ1) is 18.5. The number of pyridine rings is 1. The number of methoxy groups -OCH3 is 1. The van der Waals surface area contributed by atoms with Crippen molar-refractivity contribution in [3.63, 3.8) is 0 Å². The molecular formula is C26H21F3N4O6. The number of anilines is 2. The molecule has 0 radical (unpaired) electrons. The van der Waals surface area contributed by atoms with Crippen LogP contribution in [0.15, 0.2) is 54.7 Å². The molecule has 2 aromatic carbocycles. The predicted molar refractivity (Wildman–Crippen MR) is 132 cm³/mol. The molecule has 3 rings (SSSR count). The van der Waals surface area contributed by atoms with Crippen LogP contribution in [0.1, 0.15) is 28.0 Å². The lowest BCUT2D eigenvalue weighted by Crippen LogP contribution is -2.20. The summed E-state index contributed by atoms with van der Waals surface area (Å²) >= 11 is 0. The van der Waals surface area contributed by atoms with E-state index in [4.69, 9.17) is 19.8 Å². The fourth-order valence-corrected chi connectivity index (χ4v) is 3.46. The van der Waals surface area contributed by atoms with E-state index >= 15 is 0 Å². The average molecular weight is 542 g/mol. The number of carboxylic acid groups (broad SMARTS) is 1. The van der Waals surface area contributed by atoms with Crippen LogP contribution < -0.4 is 15.4 Å². The minimum atomic E-state index is -4.90. The second-order valence-corrected chi connectivity index (χ2v) is 7.93. The molecule has 0 unspecified atom stereocenters. The fourth-order valence-electron chi connectivity index (χ4n) is 3.46. The van der Waals surface area contributed by atoms with Crippen LogP contribution in [0.3, 0.4) is 0 Å². The zero-order valence-electron chi connectivity index (χ0n) is 20.3. The Morgan fingerprint density at radius 1 is 1.03 bits per heavy atom. The van der Waals surface area contributed by atoms with Crippen LogP contribution in [0, 0.1) is 11.3 Å². The Morgan fingerprint density at radius 2 is 1.74 bits per heavy atom. The first-order valence-electron chi connectivity index (χ1n) is 11.2. The molecule has 0 atom stereocenters. The molecule has 0 aliphatic rings. The van der Waals surface area contributed by atoms with Crippen LogP contribution in [0.25, 0.3) is 11.1 Å². The number of nitrogens with one attached hydrogen (secondary N) is 2. The van der Waals surface area contributed by atoms with Gasteiger partial charge in [0, 0.05) is 24.9 Å². The average Bonchev–Trinajstić information content (AvgIpc) is 2.89. The van der Waals surface area contributed by atoms with Gasteiger partial charge in [0.05, 0.1) is 30.0 Å². The van der Waals surface area contributed by atoms with Gasteiger partial charge in [0.1, 0.15) is 24.1 Å². The maximum Gasteiger partial charge on any atom is 0.420 e. The van der Waals surface area contributed by atoms with E-state index < -0.39 is 53.1 Å². The van der Waals surface area contributed by atoms with E-state index in [1.807, 2.05) is 11.4 Å². The molecule has 10 nitrogen and oxygen atoms in total. The maximum absolute atomic E-state index is 13.7. The summed E-state index contributed by atoms with van der Waals surface area (Å²) in [6.07, 6.45) is -5.82. The van der Waals surface area contributed by atoms with Crippen molar-refractivity contribution in [3.05, 3.63) is 71.5 Å². The number of nitriles is 1. The number of hydrogen-bond donors (Lipinski definition) is 3. The Morgan fingerprint density at radius 3 is 2.41 bits per heavy atom. The fraction of sp³-hybridized carbons (Fsp3) is 0.192. The SMILES string of the molecule is COCCOc1cc(NC(=O)O)c(NC(=O)CC(=O)c2cccc(-c3ccnc(C#N)c3)c2)cc1C(F)(F)F. The minimum absolute atomic E-state index is 0.0264. The Kier molecular flexibility index (Phi) is 9.19. The quantitative estimate of drug-likeness (QED) is 0.185. The molecule has 3 N–H and O–H groups in total. The highest BCUT2D eigenvalue weighted by Gasteiger charge is 2.36. The number of alkyl halides is 3. The summed E-state index contributed by atoms with van der Waals surface area (Å²) in [5.74, 6) is -2.30. The standard InChI is InChI=1S/C26H21F3N4O6/c1-38-7-8-39-23-12-21(33-25(36)37)20(11-19(23)26(27,28)29)32-24(35)13-22(34)17-4-2-3-15(9-17)16-5-6-31-18(10-16)14-30/h2-6,9-12,33H,7-8,13H2,1H3,(H,32,35)(H,36,37). The maximum atomic E-state index is 13.7. The van der Waals surface area contributed by atoms with Gasteiger partial charge in [0.2, 0.25) is 5.91 Å². The van der Waals surface area contributed by atoms with Crippen LogP contribution in [0.5, 0.6) is 5.75 Å². The number of Topliss-reactive ketones (excluding diaryl/α,β-unsaturated/α-hetero) is 1. The molecule has 0 saturated heterocycles. The molecule has 13 heteroatoms. The normalized spacial score (nSPS) is 10.8. The molecule has 2 amide bonds. The van der Waals surface area contributed by atoms with Crippen molar-refractivity contribution in [2.45, 2.75) is 12.6 Å². The highest BCUT2D eigenvalue weighted by molar-refractivity contribution is 6.12. The van der Waals surface area contributed by atoms with E-state index in [2.05, 4.69) is 10.3 Å². The summed E-state index contributed by atoms with van der Waals surface area (Å²) in [5, 5.41) is 22.3. The van der Waals surface area contributed by atoms with Gasteiger partial charge in [0.25, 0.3) is 0 Å². The van der Waals surface area contributed by atoms with Gasteiger partial charge in [-0.3, -0.25) is 14.9 Å². The van der Waals surface area contributed by atoms with Crippen LogP contribution in [0.4, 0.5) is 29.3 Å². The summed E-state index contributed by atoms with van der Waals surface area (Å²) < 4.78 is 50.9. The third-order valence-corrected chi connectivity index (χ3v) is 5.20. The smallest absolute Gasteiger partial charge is 0.420 e. The second-order valence-electron chi connectivity index (χ2n) is 7.93. The molecular weight excluding hydrogens is 521 g/mol. The molecule has 0 aliphatic heterocycles. The zero-order chi connectivity index (χ0) is 28.6. The Hall–Kier alpha value is -4.96. The van der Waals surface area contributed by atoms with Crippen molar-refractivity contribution in [2.24, 2.45) is 0 Å². The van der Waals surface area contributed by atoms with E-state index in [9.17, 15) is 27.6 Å². The largest absolute Gasteiger partial charge is 0.490 e. The lowest BCUT2D eigenvalue weighted by Gasteiger charge is -2.19. The van der Waals surface area contributed by atoms with Crippen molar-refractivity contribution in [3.8, 4) is 22.9 Å². The number of rotatable bonds is 10. The van der Waals surface area contributed by atoms with Gasteiger partial charge in [-0.1, -0.05) is 18.2 Å². The molecule has 202 valence electrons. The Balaban J connectivity index is 1.85. The van der Waals surface area contributed by atoms with E-state index in [-0.39, 0.29) is 24.5 Å². The van der Waals surface area contributed by atoms with E-state index in [1.165, 1.54) is 31.5 Å². The van der Waals surface area contributed by atoms with Gasteiger partial charge in [-0.15, -0.1) is 0 Å². The van der Waals surface area contributed by atoms with Crippen LogP contribution in [-0.4, -0.2) is 48.2 Å². The number of nitrogens with zero attached hydrogens (tertiary/aromatic N) is 2. The molecule has 3 aromatic rings. The van der Waals surface area contributed by atoms with Crippen LogP contribution in [0.2, 0.25) is 0 Å². The molecule has 0 spiro atoms. The summed E-state index contributed by atoms with van der Waals surface area (Å²) in [6.45, 7) is -0.274. The molecule has 0 fully saturated rings. The number of benzene rings is 2. The number of hydrogen-bond acceptors (Lipinski definition) is 7. The van der Waals surface area contributed by atoms with Crippen molar-refractivity contribution >= 4 is 29.2 Å². The van der Waals surface area contributed by atoms with Gasteiger partial charge in [-0.25, -0.2) is 9.78 Å². The highest BCUT2D eigenvalue weighted by atomic mass is 19.4. The van der Waals surface area contributed by atoms with Crippen molar-refractivity contribution in [1.82, 2.24) is 4.98 Å². The monoisotopic (exact) mass is 542 g/mol. The number of amides is 2. The van der Waals surface area contributed by atoms with E-state index in [0.29, 0.717) is 17.2 Å². The number of carbonyl (C=O) groups excluding carboxylic acids is 2. The van der Waals surface area contributed by atoms with Crippen molar-refractivity contribution < 1.29 is 42.1 Å². The lowest BCUT2D eigenvalue weighted by atomic mass is 10.0. The highest BCUT2D eigenvalue weighted by Crippen LogP contribution is 2.41. The topological polar surface area (TPSA) is 151 Å². The molecule has 1 aromatic heterocycles. The number of carbonyl (C=O) groups is 3. The van der Waals surface area contributed by atoms with Crippen LogP contribution >= 0.6 is 0 Å². The third kappa shape index (κ3) is 7.76. The van der Waals surface area contributed by atoms with Crippen molar-refractivity contribution in [2.75, 3.05) is 31.0 Å². The van der Waals surface area contributed by atoms with Gasteiger partial charge in [0.15, 0.2) is 5.78 Å². The molecule has 39 heavy (non-hydrogen) atoms.